The maximum absolute atomic E-state index is 10.3. The Labute approximate surface area is 393 Å². The number of nitrogens with zero attached hydrogens (tertiary/aromatic N) is 1. The van der Waals surface area contributed by atoms with Gasteiger partial charge in [0.05, 0.1) is 26.4 Å². The minimum absolute atomic E-state index is 0.136. The van der Waals surface area contributed by atoms with Crippen molar-refractivity contribution in [3.05, 3.63) is 0 Å². The van der Waals surface area contributed by atoms with Gasteiger partial charge in [-0.1, -0.05) is 194 Å². The molecule has 0 unspecified atom stereocenters. The Morgan fingerprint density at radius 2 is 0.641 bits per heavy atom. The first-order valence-electron chi connectivity index (χ1n) is 25.9. The van der Waals surface area contributed by atoms with E-state index in [-0.39, 0.29) is 26.4 Å². The average molecular weight is 925 g/mol. The molecule has 0 aliphatic carbocycles. The van der Waals surface area contributed by atoms with E-state index in [1.807, 2.05) is 4.90 Å². The summed E-state index contributed by atoms with van der Waals surface area (Å²) in [6.45, 7) is 11.7. The third-order valence-electron chi connectivity index (χ3n) is 10.3. The third-order valence-corrected chi connectivity index (χ3v) is 10.3. The third kappa shape index (κ3) is 90.7. The van der Waals surface area contributed by atoms with Crippen LogP contribution in [-0.2, 0) is 14.4 Å². The predicted octanol–water partition coefficient (Wildman–Crippen LogP) is 9.14. The van der Waals surface area contributed by atoms with E-state index >= 15 is 0 Å². The van der Waals surface area contributed by atoms with Gasteiger partial charge >= 0.3 is 11.9 Å². The van der Waals surface area contributed by atoms with Gasteiger partial charge in [-0.3, -0.25) is 19.3 Å². The Morgan fingerprint density at radius 3 is 0.859 bits per heavy atom. The van der Waals surface area contributed by atoms with Crippen molar-refractivity contribution in [3.8, 4) is 0 Å². The molecule has 0 aromatic rings. The fraction of sp³-hybridized carbons (Fsp3) is 0.940. The SMILES string of the molecule is CC(=O)O.CCCCCCCCCCCCCCCCCC(=O)O.CCCCCCCCCCCCCCCCCC(=O)O.NCCNCCN(CCO)CCO.OCCNCCO. The smallest absolute Gasteiger partial charge is 0.303 e. The summed E-state index contributed by atoms with van der Waals surface area (Å²) in [4.78, 5) is 31.7. The van der Waals surface area contributed by atoms with Crippen LogP contribution in [0.1, 0.15) is 226 Å². The maximum Gasteiger partial charge on any atom is 0.303 e. The lowest BCUT2D eigenvalue weighted by Gasteiger charge is -2.19. The van der Waals surface area contributed by atoms with Gasteiger partial charge in [0.15, 0.2) is 0 Å². The van der Waals surface area contributed by atoms with E-state index in [2.05, 4.69) is 24.5 Å². The quantitative estimate of drug-likeness (QED) is 0.0256. The number of hydrogen-bond donors (Lipinski definition) is 10. The van der Waals surface area contributed by atoms with Crippen LogP contribution in [0, 0.1) is 0 Å². The lowest BCUT2D eigenvalue weighted by atomic mass is 10.0. The highest BCUT2D eigenvalue weighted by Crippen LogP contribution is 2.15. The molecule has 0 aromatic heterocycles. The molecule has 14 nitrogen and oxygen atoms in total. The highest BCUT2D eigenvalue weighted by atomic mass is 16.4. The topological polar surface area (TPSA) is 246 Å². The summed E-state index contributed by atoms with van der Waals surface area (Å²) in [7, 11) is 0. The molecule has 0 aromatic carbocycles. The van der Waals surface area contributed by atoms with Gasteiger partial charge in [-0.25, -0.2) is 0 Å². The second kappa shape index (κ2) is 70.1. The number of aliphatic hydroxyl groups is 4. The molecule has 0 saturated heterocycles. The van der Waals surface area contributed by atoms with Gasteiger partial charge in [0.2, 0.25) is 0 Å². The van der Waals surface area contributed by atoms with E-state index < -0.39 is 17.9 Å². The minimum Gasteiger partial charge on any atom is -0.481 e. The van der Waals surface area contributed by atoms with Crippen LogP contribution < -0.4 is 16.4 Å². The molecule has 0 rings (SSSR count). The van der Waals surface area contributed by atoms with Crippen molar-refractivity contribution in [2.45, 2.75) is 226 Å². The van der Waals surface area contributed by atoms with Crippen molar-refractivity contribution in [1.82, 2.24) is 15.5 Å². The van der Waals surface area contributed by atoms with Crippen LogP contribution in [0.2, 0.25) is 0 Å². The van der Waals surface area contributed by atoms with E-state index in [9.17, 15) is 9.59 Å². The van der Waals surface area contributed by atoms with Gasteiger partial charge in [0, 0.05) is 72.1 Å². The van der Waals surface area contributed by atoms with E-state index in [0.29, 0.717) is 45.6 Å². The first-order chi connectivity index (χ1) is 31.0. The zero-order chi connectivity index (χ0) is 48.8. The number of carboxylic acids is 3. The van der Waals surface area contributed by atoms with Gasteiger partial charge in [-0.2, -0.15) is 0 Å². The second-order valence-electron chi connectivity index (χ2n) is 16.7. The van der Waals surface area contributed by atoms with E-state index in [1.165, 1.54) is 167 Å². The molecule has 64 heavy (non-hydrogen) atoms. The van der Waals surface area contributed by atoms with Crippen LogP contribution in [0.3, 0.4) is 0 Å². The van der Waals surface area contributed by atoms with Gasteiger partial charge in [-0.15, -0.1) is 0 Å². The van der Waals surface area contributed by atoms with Crippen molar-refractivity contribution in [3.63, 3.8) is 0 Å². The Kier molecular flexibility index (Phi) is 77.9. The number of nitrogens with one attached hydrogen (secondary N) is 2. The first kappa shape index (κ1) is 71.1. The lowest BCUT2D eigenvalue weighted by Crippen LogP contribution is -2.37. The number of rotatable bonds is 45. The Bertz CT molecular complexity index is 803. The van der Waals surface area contributed by atoms with E-state index in [1.54, 1.807) is 0 Å². The number of nitrogens with two attached hydrogens (primary N) is 1. The standard InChI is InChI=1S/2C18H36O2.C8H21N3O2.C4H11NO2.C2H4O2/c2*1-2-3-4-5-6-7-8-9-10-11-12-13-14-15-16-17-18(19)20;9-1-2-10-3-4-11(5-7-12)6-8-13;6-3-1-5-2-4-7;1-2(3)4/h2*2-17H2,1H3,(H,19,20);10,12-13H,1-9H2;5-7H,1-4H2;1H3,(H,3,4). The van der Waals surface area contributed by atoms with Gasteiger partial charge in [0.25, 0.3) is 5.97 Å². The van der Waals surface area contributed by atoms with Crippen LogP contribution >= 0.6 is 0 Å². The summed E-state index contributed by atoms with van der Waals surface area (Å²) in [6.07, 6.45) is 40.4. The highest BCUT2D eigenvalue weighted by Gasteiger charge is 2.02. The molecule has 0 spiro atoms. The zero-order valence-electron chi connectivity index (χ0n) is 42.0. The number of unbranched alkanes of at least 4 members (excludes halogenated alkanes) is 28. The summed E-state index contributed by atoms with van der Waals surface area (Å²) in [5, 5.41) is 64.1. The number of carbonyl (C=O) groups is 3. The summed E-state index contributed by atoms with van der Waals surface area (Å²) < 4.78 is 0. The van der Waals surface area contributed by atoms with Crippen molar-refractivity contribution in [1.29, 1.82) is 0 Å². The minimum atomic E-state index is -0.833. The van der Waals surface area contributed by atoms with Crippen LogP contribution in [0.4, 0.5) is 0 Å². The van der Waals surface area contributed by atoms with Crippen molar-refractivity contribution >= 4 is 17.9 Å². The fourth-order valence-electron chi connectivity index (χ4n) is 6.66. The van der Waals surface area contributed by atoms with Crippen molar-refractivity contribution in [2.75, 3.05) is 78.8 Å². The van der Waals surface area contributed by atoms with Crippen LogP contribution in [0.15, 0.2) is 0 Å². The Balaban J connectivity index is -0.000000247. The molecule has 0 amide bonds. The van der Waals surface area contributed by atoms with Crippen LogP contribution in [-0.4, -0.2) is 137 Å². The summed E-state index contributed by atoms with van der Waals surface area (Å²) in [5.41, 5.74) is 5.31. The summed E-state index contributed by atoms with van der Waals surface area (Å²) in [6, 6.07) is 0. The largest absolute Gasteiger partial charge is 0.481 e. The van der Waals surface area contributed by atoms with Gasteiger partial charge < -0.3 is 52.1 Å². The first-order valence-corrected chi connectivity index (χ1v) is 25.9. The second-order valence-corrected chi connectivity index (χ2v) is 16.7. The molecule has 0 aliphatic rings. The number of aliphatic hydroxyl groups excluding tert-OH is 4. The number of aliphatic carboxylic acids is 3. The van der Waals surface area contributed by atoms with E-state index in [4.69, 9.17) is 46.3 Å². The average Bonchev–Trinajstić information content (AvgIpc) is 3.26. The van der Waals surface area contributed by atoms with Crippen molar-refractivity contribution < 1.29 is 50.1 Å². The molecule has 14 heteroatoms. The fourth-order valence-corrected chi connectivity index (χ4v) is 6.66. The maximum atomic E-state index is 10.3. The van der Waals surface area contributed by atoms with E-state index in [0.717, 1.165) is 52.2 Å². The Hall–Kier alpha value is -1.91. The number of carboxylic acid groups (broad SMARTS) is 3. The molecule has 0 aliphatic heterocycles. The molecule has 0 fully saturated rings. The molecule has 0 radical (unpaired) electrons. The normalized spacial score (nSPS) is 10.5. The molecule has 0 saturated carbocycles. The van der Waals surface area contributed by atoms with Gasteiger partial charge in [-0.05, 0) is 12.8 Å². The summed E-state index contributed by atoms with van der Waals surface area (Å²) in [5.74, 6) is -2.14. The molecule has 388 valence electrons. The molecular formula is C50H108N4O10. The molecular weight excluding hydrogens is 817 g/mol. The monoisotopic (exact) mass is 925 g/mol. The van der Waals surface area contributed by atoms with Gasteiger partial charge in [0.1, 0.15) is 0 Å². The molecule has 11 N–H and O–H groups in total. The molecule has 0 atom stereocenters. The number of hydrogen-bond acceptors (Lipinski definition) is 11. The Morgan fingerprint density at radius 1 is 0.391 bits per heavy atom. The lowest BCUT2D eigenvalue weighted by molar-refractivity contribution is -0.138. The zero-order valence-corrected chi connectivity index (χ0v) is 42.0. The van der Waals surface area contributed by atoms with Crippen LogP contribution in [0.25, 0.3) is 0 Å². The highest BCUT2D eigenvalue weighted by molar-refractivity contribution is 5.66. The summed E-state index contributed by atoms with van der Waals surface area (Å²) >= 11 is 0. The molecule has 0 bridgehead atoms. The predicted molar refractivity (Wildman–Crippen MR) is 267 cm³/mol. The van der Waals surface area contributed by atoms with Crippen molar-refractivity contribution in [2.24, 2.45) is 5.73 Å². The van der Waals surface area contributed by atoms with Crippen LogP contribution in [0.5, 0.6) is 0 Å². The molecule has 0 heterocycles.